The summed E-state index contributed by atoms with van der Waals surface area (Å²) < 4.78 is 0. The molecule has 0 bridgehead atoms. The Kier molecular flexibility index (Phi) is 4.58. The van der Waals surface area contributed by atoms with Crippen molar-refractivity contribution in [3.63, 3.8) is 0 Å². The first-order valence-electron chi connectivity index (χ1n) is 7.03. The fraction of sp³-hybridized carbons (Fsp3) is 0.333. The van der Waals surface area contributed by atoms with Crippen molar-refractivity contribution >= 4 is 0 Å². The van der Waals surface area contributed by atoms with Crippen LogP contribution in [0.1, 0.15) is 36.6 Å². The van der Waals surface area contributed by atoms with Crippen molar-refractivity contribution in [1.82, 2.24) is 5.32 Å². The summed E-state index contributed by atoms with van der Waals surface area (Å²) >= 11 is 0. The summed E-state index contributed by atoms with van der Waals surface area (Å²) in [4.78, 5) is 0. The molecule has 1 unspecified atom stereocenters. The van der Waals surface area contributed by atoms with Gasteiger partial charge in [0.2, 0.25) is 0 Å². The van der Waals surface area contributed by atoms with E-state index in [4.69, 9.17) is 0 Å². The zero-order chi connectivity index (χ0) is 14.6. The van der Waals surface area contributed by atoms with E-state index < -0.39 is 5.60 Å². The molecule has 0 aliphatic heterocycles. The topological polar surface area (TPSA) is 32.3 Å². The van der Waals surface area contributed by atoms with Gasteiger partial charge in [0.25, 0.3) is 0 Å². The Balaban J connectivity index is 2.27. The third-order valence-electron chi connectivity index (χ3n) is 3.28. The van der Waals surface area contributed by atoms with Gasteiger partial charge in [-0.2, -0.15) is 0 Å². The highest BCUT2D eigenvalue weighted by Crippen LogP contribution is 2.22. The van der Waals surface area contributed by atoms with Crippen LogP contribution in [-0.4, -0.2) is 17.3 Å². The molecule has 0 saturated carbocycles. The number of aliphatic hydroxyl groups is 1. The highest BCUT2D eigenvalue weighted by atomic mass is 16.3. The van der Waals surface area contributed by atoms with Crippen LogP contribution in [0.4, 0.5) is 0 Å². The van der Waals surface area contributed by atoms with Crippen molar-refractivity contribution in [3.8, 4) is 0 Å². The zero-order valence-electron chi connectivity index (χ0n) is 12.4. The van der Waals surface area contributed by atoms with E-state index in [1.807, 2.05) is 32.0 Å². The van der Waals surface area contributed by atoms with E-state index in [-0.39, 0.29) is 6.04 Å². The van der Waals surface area contributed by atoms with Gasteiger partial charge < -0.3 is 10.4 Å². The highest BCUT2D eigenvalue weighted by Gasteiger charge is 2.18. The normalized spacial score (nSPS) is 13.2. The number of nitrogens with one attached hydrogen (secondary N) is 1. The average molecular weight is 269 g/mol. The average Bonchev–Trinajstić information content (AvgIpc) is 2.41. The molecule has 2 aromatic rings. The number of benzene rings is 2. The third-order valence-corrected chi connectivity index (χ3v) is 3.28. The minimum absolute atomic E-state index is 0.100. The fourth-order valence-corrected chi connectivity index (χ4v) is 2.18. The van der Waals surface area contributed by atoms with Crippen LogP contribution in [0, 0.1) is 6.92 Å². The molecule has 0 aromatic heterocycles. The minimum Gasteiger partial charge on any atom is -0.389 e. The van der Waals surface area contributed by atoms with E-state index >= 15 is 0 Å². The molecule has 0 saturated heterocycles. The molecule has 0 radical (unpaired) electrons. The predicted octanol–water partition coefficient (Wildman–Crippen LogP) is 3.44. The molecule has 1 atom stereocenters. The summed E-state index contributed by atoms with van der Waals surface area (Å²) in [5.74, 6) is 0. The molecule has 2 N–H and O–H groups in total. The summed E-state index contributed by atoms with van der Waals surface area (Å²) in [5, 5.41) is 13.4. The van der Waals surface area contributed by atoms with Crippen LogP contribution in [0.25, 0.3) is 0 Å². The molecule has 2 nitrogen and oxygen atoms in total. The molecule has 2 heteroatoms. The van der Waals surface area contributed by atoms with E-state index in [0.717, 1.165) is 0 Å². The first-order valence-corrected chi connectivity index (χ1v) is 7.03. The fourth-order valence-electron chi connectivity index (χ4n) is 2.18. The zero-order valence-corrected chi connectivity index (χ0v) is 12.4. The van der Waals surface area contributed by atoms with Crippen molar-refractivity contribution in [3.05, 3.63) is 71.3 Å². The van der Waals surface area contributed by atoms with Crippen molar-refractivity contribution < 1.29 is 5.11 Å². The SMILES string of the molecule is Cc1ccc(C(NCC(C)(C)O)c2ccccc2)cc1. The lowest BCUT2D eigenvalue weighted by Gasteiger charge is -2.25. The second kappa shape index (κ2) is 6.21. The Hall–Kier alpha value is -1.64. The maximum absolute atomic E-state index is 9.94. The van der Waals surface area contributed by atoms with Gasteiger partial charge in [-0.3, -0.25) is 0 Å². The van der Waals surface area contributed by atoms with Gasteiger partial charge in [-0.1, -0.05) is 60.2 Å². The third kappa shape index (κ3) is 4.19. The lowest BCUT2D eigenvalue weighted by atomic mass is 9.97. The predicted molar refractivity (Wildman–Crippen MR) is 83.8 cm³/mol. The lowest BCUT2D eigenvalue weighted by molar-refractivity contribution is 0.0778. The van der Waals surface area contributed by atoms with Gasteiger partial charge >= 0.3 is 0 Å². The first kappa shape index (κ1) is 14.8. The second-order valence-electron chi connectivity index (χ2n) is 5.95. The van der Waals surface area contributed by atoms with Crippen LogP contribution in [0.15, 0.2) is 54.6 Å². The summed E-state index contributed by atoms with van der Waals surface area (Å²) in [6.45, 7) is 6.26. The van der Waals surface area contributed by atoms with E-state index in [1.54, 1.807) is 0 Å². The molecule has 0 amide bonds. The maximum atomic E-state index is 9.94. The second-order valence-corrected chi connectivity index (χ2v) is 5.95. The van der Waals surface area contributed by atoms with Gasteiger partial charge in [0.15, 0.2) is 0 Å². The van der Waals surface area contributed by atoms with Crippen molar-refractivity contribution in [2.24, 2.45) is 0 Å². The van der Waals surface area contributed by atoms with Gasteiger partial charge in [-0.25, -0.2) is 0 Å². The Labute approximate surface area is 121 Å². The number of hydrogen-bond donors (Lipinski definition) is 2. The van der Waals surface area contributed by atoms with Crippen molar-refractivity contribution in [2.75, 3.05) is 6.54 Å². The monoisotopic (exact) mass is 269 g/mol. The van der Waals surface area contributed by atoms with Crippen molar-refractivity contribution in [1.29, 1.82) is 0 Å². The van der Waals surface area contributed by atoms with Crippen LogP contribution in [0.3, 0.4) is 0 Å². The van der Waals surface area contributed by atoms with E-state index in [1.165, 1.54) is 16.7 Å². The smallest absolute Gasteiger partial charge is 0.0715 e. The summed E-state index contributed by atoms with van der Waals surface area (Å²) in [5.41, 5.74) is 2.95. The maximum Gasteiger partial charge on any atom is 0.0715 e. The highest BCUT2D eigenvalue weighted by molar-refractivity contribution is 5.33. The first-order chi connectivity index (χ1) is 9.46. The van der Waals surface area contributed by atoms with Crippen LogP contribution >= 0.6 is 0 Å². The largest absolute Gasteiger partial charge is 0.389 e. The van der Waals surface area contributed by atoms with Crippen molar-refractivity contribution in [2.45, 2.75) is 32.4 Å². The van der Waals surface area contributed by atoms with Gasteiger partial charge in [0, 0.05) is 6.54 Å². The molecule has 0 aliphatic rings. The molecule has 106 valence electrons. The van der Waals surface area contributed by atoms with Crippen LogP contribution in [-0.2, 0) is 0 Å². The lowest BCUT2D eigenvalue weighted by Crippen LogP contribution is -2.37. The molecule has 0 aliphatic carbocycles. The summed E-state index contributed by atoms with van der Waals surface area (Å²) in [6, 6.07) is 19.0. The molecule has 2 rings (SSSR count). The van der Waals surface area contributed by atoms with Gasteiger partial charge in [-0.15, -0.1) is 0 Å². The molecule has 2 aromatic carbocycles. The van der Waals surface area contributed by atoms with Gasteiger partial charge in [-0.05, 0) is 31.9 Å². The summed E-state index contributed by atoms with van der Waals surface area (Å²) in [7, 11) is 0. The Morgan fingerprint density at radius 3 is 2.05 bits per heavy atom. The Morgan fingerprint density at radius 1 is 0.950 bits per heavy atom. The minimum atomic E-state index is -0.724. The van der Waals surface area contributed by atoms with Gasteiger partial charge in [0.1, 0.15) is 0 Å². The number of aryl methyl sites for hydroxylation is 1. The number of hydrogen-bond acceptors (Lipinski definition) is 2. The standard InChI is InChI=1S/C18H23NO/c1-14-9-11-16(12-10-14)17(19-13-18(2,3)20)15-7-5-4-6-8-15/h4-12,17,19-20H,13H2,1-3H3. The van der Waals surface area contributed by atoms with Gasteiger partial charge in [0.05, 0.1) is 11.6 Å². The van der Waals surface area contributed by atoms with Crippen LogP contribution < -0.4 is 5.32 Å². The Bertz CT molecular complexity index is 526. The van der Waals surface area contributed by atoms with Crippen LogP contribution in [0.2, 0.25) is 0 Å². The molecular weight excluding hydrogens is 246 g/mol. The van der Waals surface area contributed by atoms with E-state index in [9.17, 15) is 5.11 Å². The number of rotatable bonds is 5. The van der Waals surface area contributed by atoms with Crippen LogP contribution in [0.5, 0.6) is 0 Å². The molecule has 20 heavy (non-hydrogen) atoms. The quantitative estimate of drug-likeness (QED) is 0.871. The molecular formula is C18H23NO. The molecule has 0 heterocycles. The Morgan fingerprint density at radius 2 is 1.50 bits per heavy atom. The summed E-state index contributed by atoms with van der Waals surface area (Å²) in [6.07, 6.45) is 0. The van der Waals surface area contributed by atoms with E-state index in [0.29, 0.717) is 6.54 Å². The molecule has 0 spiro atoms. The van der Waals surface area contributed by atoms with E-state index in [2.05, 4.69) is 48.6 Å². The molecule has 0 fully saturated rings.